The number of aliphatic hydroxyl groups is 1. The highest BCUT2D eigenvalue weighted by molar-refractivity contribution is 5.79. The van der Waals surface area contributed by atoms with Gasteiger partial charge in [-0.05, 0) is 87.4 Å². The number of hydrogen-bond donors (Lipinski definition) is 1. The zero-order chi connectivity index (χ0) is 17.3. The average Bonchev–Trinajstić information content (AvgIpc) is 2.90. The molecule has 2 nitrogen and oxygen atoms in total. The third kappa shape index (κ3) is 3.45. The van der Waals surface area contributed by atoms with Crippen molar-refractivity contribution in [3.63, 3.8) is 0 Å². The summed E-state index contributed by atoms with van der Waals surface area (Å²) >= 11 is 0. The Hall–Kier alpha value is -0.370. The number of carbonyl (C=O) groups is 1. The monoisotopic (exact) mass is 334 g/mol. The molecule has 138 valence electrons. The zero-order valence-corrected chi connectivity index (χ0v) is 16.1. The van der Waals surface area contributed by atoms with Crippen molar-refractivity contribution in [1.29, 1.82) is 0 Å². The van der Waals surface area contributed by atoms with Crippen LogP contribution in [0.5, 0.6) is 0 Å². The topological polar surface area (TPSA) is 37.3 Å². The van der Waals surface area contributed by atoms with Gasteiger partial charge in [0, 0.05) is 5.92 Å². The molecule has 3 aliphatic carbocycles. The Bertz CT molecular complexity index is 445. The van der Waals surface area contributed by atoms with E-state index >= 15 is 0 Å². The van der Waals surface area contributed by atoms with Gasteiger partial charge in [-0.3, -0.25) is 4.79 Å². The standard InChI is InChI=1S/C22H38O2/c1-4-5-6-18(24)14-16-7-8-19-17(13-16)11-12-22(3)20(15(2)23)9-10-21(19)22/h16-21,24H,4-14H2,1-3H3/t16-,17-,18+,19-,20-,21+,22?/m1/s1. The molecule has 0 saturated heterocycles. The summed E-state index contributed by atoms with van der Waals surface area (Å²) in [6.07, 6.45) is 13.3. The van der Waals surface area contributed by atoms with Crippen LogP contribution in [-0.4, -0.2) is 17.0 Å². The molecule has 0 amide bonds. The fourth-order valence-corrected chi connectivity index (χ4v) is 6.89. The maximum absolute atomic E-state index is 12.1. The van der Waals surface area contributed by atoms with Crippen molar-refractivity contribution in [3.8, 4) is 0 Å². The van der Waals surface area contributed by atoms with E-state index in [0.717, 1.165) is 49.4 Å². The molecule has 7 atom stereocenters. The van der Waals surface area contributed by atoms with Crippen LogP contribution in [0.25, 0.3) is 0 Å². The molecule has 0 radical (unpaired) electrons. The fourth-order valence-electron chi connectivity index (χ4n) is 6.89. The first-order valence-electron chi connectivity index (χ1n) is 10.6. The Morgan fingerprint density at radius 2 is 2.00 bits per heavy atom. The quantitative estimate of drug-likeness (QED) is 0.708. The molecule has 0 aromatic carbocycles. The van der Waals surface area contributed by atoms with E-state index in [0.29, 0.717) is 17.1 Å². The predicted molar refractivity (Wildman–Crippen MR) is 98.7 cm³/mol. The van der Waals surface area contributed by atoms with Crippen LogP contribution in [0.3, 0.4) is 0 Å². The largest absolute Gasteiger partial charge is 0.393 e. The summed E-state index contributed by atoms with van der Waals surface area (Å²) in [7, 11) is 0. The normalized spacial score (nSPS) is 43.1. The van der Waals surface area contributed by atoms with Crippen molar-refractivity contribution in [2.75, 3.05) is 0 Å². The Kier molecular flexibility index (Phi) is 5.74. The van der Waals surface area contributed by atoms with E-state index in [1.807, 2.05) is 6.92 Å². The first kappa shape index (κ1) is 18.4. The minimum atomic E-state index is -0.0751. The summed E-state index contributed by atoms with van der Waals surface area (Å²) in [6.45, 7) is 6.44. The Morgan fingerprint density at radius 1 is 1.21 bits per heavy atom. The highest BCUT2D eigenvalue weighted by atomic mass is 16.3. The number of rotatable bonds is 6. The molecule has 3 fully saturated rings. The lowest BCUT2D eigenvalue weighted by Crippen LogP contribution is -2.45. The van der Waals surface area contributed by atoms with Gasteiger partial charge in [-0.25, -0.2) is 0 Å². The molecular weight excluding hydrogens is 296 g/mol. The minimum absolute atomic E-state index is 0.0751. The summed E-state index contributed by atoms with van der Waals surface area (Å²) in [5.41, 5.74) is 0.292. The number of Topliss-reactive ketones (excluding diaryl/α,β-unsaturated/α-hetero) is 1. The number of aliphatic hydroxyl groups excluding tert-OH is 1. The molecule has 0 bridgehead atoms. The van der Waals surface area contributed by atoms with Crippen LogP contribution in [0, 0.1) is 35.0 Å². The minimum Gasteiger partial charge on any atom is -0.393 e. The Labute approximate surface area is 148 Å². The molecule has 2 heteroatoms. The first-order chi connectivity index (χ1) is 11.5. The molecule has 0 aromatic heterocycles. The van der Waals surface area contributed by atoms with Gasteiger partial charge >= 0.3 is 0 Å². The summed E-state index contributed by atoms with van der Waals surface area (Å²) in [4.78, 5) is 12.1. The molecule has 1 unspecified atom stereocenters. The van der Waals surface area contributed by atoms with Crippen LogP contribution >= 0.6 is 0 Å². The SMILES string of the molecule is CCCC[C@H](O)C[C@@H]1CC[C@@H]2[C@H](CCC3(C)[C@@H](C(C)=O)CC[C@@H]23)C1. The van der Waals surface area contributed by atoms with Crippen LogP contribution in [-0.2, 0) is 4.79 Å². The van der Waals surface area contributed by atoms with Crippen LogP contribution in [0.2, 0.25) is 0 Å². The third-order valence-corrected chi connectivity index (χ3v) is 8.12. The molecule has 3 rings (SSSR count). The van der Waals surface area contributed by atoms with Gasteiger partial charge < -0.3 is 5.11 Å². The molecule has 0 aliphatic heterocycles. The lowest BCUT2D eigenvalue weighted by atomic mass is 9.53. The first-order valence-corrected chi connectivity index (χ1v) is 10.6. The smallest absolute Gasteiger partial charge is 0.133 e. The second kappa shape index (κ2) is 7.48. The lowest BCUT2D eigenvalue weighted by molar-refractivity contribution is -0.126. The molecule has 0 spiro atoms. The summed E-state index contributed by atoms with van der Waals surface area (Å²) in [5, 5.41) is 10.3. The summed E-state index contributed by atoms with van der Waals surface area (Å²) in [5.74, 6) is 4.02. The highest BCUT2D eigenvalue weighted by Gasteiger charge is 2.55. The van der Waals surface area contributed by atoms with Gasteiger partial charge in [-0.2, -0.15) is 0 Å². The molecule has 1 N–H and O–H groups in total. The second-order valence-corrected chi connectivity index (χ2v) is 9.53. The molecule has 3 aliphatic rings. The van der Waals surface area contributed by atoms with E-state index in [1.165, 1.54) is 44.9 Å². The van der Waals surface area contributed by atoms with Crippen molar-refractivity contribution in [2.45, 2.75) is 97.5 Å². The van der Waals surface area contributed by atoms with Crippen LogP contribution in [0.1, 0.15) is 91.4 Å². The third-order valence-electron chi connectivity index (χ3n) is 8.12. The van der Waals surface area contributed by atoms with Gasteiger partial charge in [0.1, 0.15) is 5.78 Å². The van der Waals surface area contributed by atoms with Crippen LogP contribution in [0.15, 0.2) is 0 Å². The van der Waals surface area contributed by atoms with E-state index < -0.39 is 0 Å². The van der Waals surface area contributed by atoms with Crippen LogP contribution in [0.4, 0.5) is 0 Å². The van der Waals surface area contributed by atoms with E-state index in [9.17, 15) is 9.90 Å². The van der Waals surface area contributed by atoms with Gasteiger partial charge in [0.15, 0.2) is 0 Å². The number of carbonyl (C=O) groups excluding carboxylic acids is 1. The van der Waals surface area contributed by atoms with Gasteiger partial charge in [0.25, 0.3) is 0 Å². The van der Waals surface area contributed by atoms with Crippen LogP contribution < -0.4 is 0 Å². The van der Waals surface area contributed by atoms with Crippen molar-refractivity contribution in [2.24, 2.45) is 35.0 Å². The van der Waals surface area contributed by atoms with E-state index in [-0.39, 0.29) is 6.10 Å². The highest BCUT2D eigenvalue weighted by Crippen LogP contribution is 2.62. The van der Waals surface area contributed by atoms with Gasteiger partial charge in [-0.15, -0.1) is 0 Å². The predicted octanol–water partition coefficient (Wildman–Crippen LogP) is 5.38. The summed E-state index contributed by atoms with van der Waals surface area (Å²) < 4.78 is 0. The average molecular weight is 335 g/mol. The second-order valence-electron chi connectivity index (χ2n) is 9.53. The fraction of sp³-hybridized carbons (Fsp3) is 0.955. The van der Waals surface area contributed by atoms with Crippen molar-refractivity contribution >= 4 is 5.78 Å². The molecular formula is C22H38O2. The number of unbranched alkanes of at least 4 members (excludes halogenated alkanes) is 1. The van der Waals surface area contributed by atoms with Crippen molar-refractivity contribution < 1.29 is 9.90 Å². The van der Waals surface area contributed by atoms with Crippen molar-refractivity contribution in [1.82, 2.24) is 0 Å². The lowest BCUT2D eigenvalue weighted by Gasteiger charge is -2.51. The molecule has 0 heterocycles. The molecule has 3 saturated carbocycles. The maximum Gasteiger partial charge on any atom is 0.133 e. The van der Waals surface area contributed by atoms with E-state index in [2.05, 4.69) is 13.8 Å². The zero-order valence-electron chi connectivity index (χ0n) is 16.1. The Balaban J connectivity index is 1.59. The molecule has 24 heavy (non-hydrogen) atoms. The number of fused-ring (bicyclic) bond motifs is 3. The van der Waals surface area contributed by atoms with E-state index in [4.69, 9.17) is 0 Å². The Morgan fingerprint density at radius 3 is 2.71 bits per heavy atom. The van der Waals surface area contributed by atoms with Gasteiger partial charge in [-0.1, -0.05) is 33.1 Å². The van der Waals surface area contributed by atoms with Crippen molar-refractivity contribution in [3.05, 3.63) is 0 Å². The maximum atomic E-state index is 12.1. The number of ketones is 1. The van der Waals surface area contributed by atoms with Gasteiger partial charge in [0.2, 0.25) is 0 Å². The number of hydrogen-bond acceptors (Lipinski definition) is 2. The van der Waals surface area contributed by atoms with E-state index in [1.54, 1.807) is 0 Å². The summed E-state index contributed by atoms with van der Waals surface area (Å²) in [6, 6.07) is 0. The van der Waals surface area contributed by atoms with Gasteiger partial charge in [0.05, 0.1) is 6.10 Å². The molecule has 0 aromatic rings.